The van der Waals surface area contributed by atoms with Gasteiger partial charge in [0, 0.05) is 5.56 Å². The van der Waals surface area contributed by atoms with E-state index in [0.717, 1.165) is 0 Å². The standard InChI is InChI=1S/C15H11NO3/c17-14-9-10-5-1-3-7-12(10)16(15(18)19)13-8-4-2-6-11(13)14/h1-9,12H,(H,18,19). The lowest BCUT2D eigenvalue weighted by molar-refractivity contribution is 0.104. The Kier molecular flexibility index (Phi) is 2.56. The average Bonchev–Trinajstić information content (AvgIpc) is 2.53. The number of para-hydroxylation sites is 1. The first-order valence-corrected chi connectivity index (χ1v) is 5.90. The summed E-state index contributed by atoms with van der Waals surface area (Å²) < 4.78 is 0. The number of ketones is 1. The van der Waals surface area contributed by atoms with Crippen LogP contribution in [-0.2, 0) is 0 Å². The Morgan fingerprint density at radius 1 is 1.21 bits per heavy atom. The molecule has 1 aromatic carbocycles. The van der Waals surface area contributed by atoms with Gasteiger partial charge in [-0.25, -0.2) is 4.79 Å². The summed E-state index contributed by atoms with van der Waals surface area (Å²) in [4.78, 5) is 25.0. The van der Waals surface area contributed by atoms with Crippen LogP contribution in [0.3, 0.4) is 0 Å². The predicted octanol–water partition coefficient (Wildman–Crippen LogP) is 2.79. The smallest absolute Gasteiger partial charge is 0.412 e. The molecule has 4 nitrogen and oxygen atoms in total. The van der Waals surface area contributed by atoms with Crippen molar-refractivity contribution in [1.82, 2.24) is 0 Å². The molecule has 1 heterocycles. The summed E-state index contributed by atoms with van der Waals surface area (Å²) in [6, 6.07) is 6.32. The first-order chi connectivity index (χ1) is 9.18. The van der Waals surface area contributed by atoms with Crippen molar-refractivity contribution in [2.24, 2.45) is 0 Å². The van der Waals surface area contributed by atoms with Crippen LogP contribution in [0, 0.1) is 0 Å². The second-order valence-electron chi connectivity index (χ2n) is 4.37. The number of carboxylic acid groups (broad SMARTS) is 1. The Morgan fingerprint density at radius 3 is 2.79 bits per heavy atom. The summed E-state index contributed by atoms with van der Waals surface area (Å²) in [6.07, 6.45) is 7.56. The zero-order valence-electron chi connectivity index (χ0n) is 9.98. The van der Waals surface area contributed by atoms with Gasteiger partial charge in [-0.1, -0.05) is 36.4 Å². The van der Waals surface area contributed by atoms with Crippen LogP contribution in [0.1, 0.15) is 10.4 Å². The fourth-order valence-electron chi connectivity index (χ4n) is 2.41. The fraction of sp³-hybridized carbons (Fsp3) is 0.0667. The van der Waals surface area contributed by atoms with Crippen molar-refractivity contribution in [1.29, 1.82) is 0 Å². The Morgan fingerprint density at radius 2 is 2.00 bits per heavy atom. The zero-order chi connectivity index (χ0) is 13.4. The monoisotopic (exact) mass is 253 g/mol. The van der Waals surface area contributed by atoms with E-state index < -0.39 is 12.1 Å². The highest BCUT2D eigenvalue weighted by atomic mass is 16.4. The van der Waals surface area contributed by atoms with Crippen LogP contribution in [0.2, 0.25) is 0 Å². The van der Waals surface area contributed by atoms with Crippen LogP contribution in [0.15, 0.2) is 60.2 Å². The van der Waals surface area contributed by atoms with Crippen molar-refractivity contribution in [3.05, 3.63) is 65.8 Å². The van der Waals surface area contributed by atoms with E-state index in [9.17, 15) is 14.7 Å². The summed E-state index contributed by atoms with van der Waals surface area (Å²) in [7, 11) is 0. The quantitative estimate of drug-likeness (QED) is 0.773. The molecule has 4 heteroatoms. The molecular weight excluding hydrogens is 242 g/mol. The summed E-state index contributed by atoms with van der Waals surface area (Å²) in [5.74, 6) is -0.167. The summed E-state index contributed by atoms with van der Waals surface area (Å²) in [5, 5.41) is 9.46. The Bertz CT molecular complexity index is 655. The SMILES string of the molecule is O=C1C=C2C=CC=CC2N(C(=O)O)c2ccccc21. The largest absolute Gasteiger partial charge is 0.465 e. The van der Waals surface area contributed by atoms with E-state index in [1.165, 1.54) is 11.0 Å². The van der Waals surface area contributed by atoms with Gasteiger partial charge in [0.1, 0.15) is 0 Å². The number of allylic oxidation sites excluding steroid dienone is 3. The molecule has 0 spiro atoms. The summed E-state index contributed by atoms with van der Waals surface area (Å²) in [6.45, 7) is 0. The maximum Gasteiger partial charge on any atom is 0.412 e. The molecule has 0 radical (unpaired) electrons. The molecule has 94 valence electrons. The number of fused-ring (bicyclic) bond motifs is 2. The number of carbonyl (C=O) groups is 2. The van der Waals surface area contributed by atoms with Gasteiger partial charge in [-0.2, -0.15) is 0 Å². The molecular formula is C15H11NO3. The van der Waals surface area contributed by atoms with Crippen molar-refractivity contribution in [2.45, 2.75) is 6.04 Å². The van der Waals surface area contributed by atoms with E-state index in [0.29, 0.717) is 16.8 Å². The highest BCUT2D eigenvalue weighted by Gasteiger charge is 2.32. The molecule has 3 rings (SSSR count). The summed E-state index contributed by atoms with van der Waals surface area (Å²) >= 11 is 0. The van der Waals surface area contributed by atoms with Crippen molar-refractivity contribution >= 4 is 17.6 Å². The molecule has 0 bridgehead atoms. The number of nitrogens with zero attached hydrogens (tertiary/aromatic N) is 1. The van der Waals surface area contributed by atoms with Gasteiger partial charge < -0.3 is 5.11 Å². The Labute approximate surface area is 110 Å². The topological polar surface area (TPSA) is 57.6 Å². The van der Waals surface area contributed by atoms with E-state index in [1.54, 1.807) is 48.6 Å². The molecule has 1 unspecified atom stereocenters. The second kappa shape index (κ2) is 4.24. The first kappa shape index (κ1) is 11.5. The van der Waals surface area contributed by atoms with E-state index in [2.05, 4.69) is 0 Å². The van der Waals surface area contributed by atoms with Gasteiger partial charge in [-0.3, -0.25) is 9.69 Å². The van der Waals surface area contributed by atoms with Gasteiger partial charge in [0.25, 0.3) is 0 Å². The molecule has 0 fully saturated rings. The maximum atomic E-state index is 12.2. The maximum absolute atomic E-state index is 12.2. The minimum absolute atomic E-state index is 0.167. The van der Waals surface area contributed by atoms with Gasteiger partial charge in [0.2, 0.25) is 0 Å². The number of hydrogen-bond donors (Lipinski definition) is 1. The molecule has 1 N–H and O–H groups in total. The molecule has 1 aliphatic heterocycles. The van der Waals surface area contributed by atoms with Gasteiger partial charge in [-0.05, 0) is 23.8 Å². The van der Waals surface area contributed by atoms with Crippen LogP contribution in [0.5, 0.6) is 0 Å². The molecule has 0 saturated heterocycles. The van der Waals surface area contributed by atoms with Gasteiger partial charge >= 0.3 is 6.09 Å². The molecule has 0 saturated carbocycles. The minimum Gasteiger partial charge on any atom is -0.465 e. The highest BCUT2D eigenvalue weighted by molar-refractivity contribution is 6.12. The lowest BCUT2D eigenvalue weighted by Crippen LogP contribution is -2.39. The third-order valence-electron chi connectivity index (χ3n) is 3.25. The molecule has 19 heavy (non-hydrogen) atoms. The van der Waals surface area contributed by atoms with Crippen molar-refractivity contribution in [2.75, 3.05) is 4.90 Å². The number of hydrogen-bond acceptors (Lipinski definition) is 2. The number of benzene rings is 1. The van der Waals surface area contributed by atoms with E-state index in [-0.39, 0.29) is 5.78 Å². The lowest BCUT2D eigenvalue weighted by Gasteiger charge is -2.28. The van der Waals surface area contributed by atoms with Gasteiger partial charge in [-0.15, -0.1) is 0 Å². The van der Waals surface area contributed by atoms with Gasteiger partial charge in [0.05, 0.1) is 11.7 Å². The van der Waals surface area contributed by atoms with Crippen LogP contribution < -0.4 is 4.90 Å². The second-order valence-corrected chi connectivity index (χ2v) is 4.37. The van der Waals surface area contributed by atoms with Crippen LogP contribution in [-0.4, -0.2) is 23.0 Å². The van der Waals surface area contributed by atoms with E-state index in [4.69, 9.17) is 0 Å². The third kappa shape index (κ3) is 1.78. The van der Waals surface area contributed by atoms with Crippen molar-refractivity contribution in [3.63, 3.8) is 0 Å². The van der Waals surface area contributed by atoms with E-state index in [1.807, 2.05) is 0 Å². The third-order valence-corrected chi connectivity index (χ3v) is 3.25. The normalized spacial score (nSPS) is 20.4. The summed E-state index contributed by atoms with van der Waals surface area (Å²) in [5.41, 5.74) is 1.52. The molecule has 1 aromatic rings. The number of rotatable bonds is 0. The van der Waals surface area contributed by atoms with E-state index >= 15 is 0 Å². The predicted molar refractivity (Wildman–Crippen MR) is 71.4 cm³/mol. The number of amides is 1. The van der Waals surface area contributed by atoms with Crippen molar-refractivity contribution < 1.29 is 14.7 Å². The fourth-order valence-corrected chi connectivity index (χ4v) is 2.41. The Balaban J connectivity index is 2.26. The zero-order valence-corrected chi connectivity index (χ0v) is 9.98. The molecule has 1 amide bonds. The number of anilines is 1. The van der Waals surface area contributed by atoms with Crippen LogP contribution >= 0.6 is 0 Å². The first-order valence-electron chi connectivity index (χ1n) is 5.90. The van der Waals surface area contributed by atoms with Gasteiger partial charge in [0.15, 0.2) is 5.78 Å². The highest BCUT2D eigenvalue weighted by Crippen LogP contribution is 2.31. The van der Waals surface area contributed by atoms with Crippen molar-refractivity contribution in [3.8, 4) is 0 Å². The molecule has 2 aliphatic rings. The lowest BCUT2D eigenvalue weighted by atomic mass is 10.0. The molecule has 1 aliphatic carbocycles. The van der Waals surface area contributed by atoms with Crippen LogP contribution in [0.25, 0.3) is 0 Å². The number of carbonyl (C=O) groups excluding carboxylic acids is 1. The molecule has 0 aromatic heterocycles. The Hall–Kier alpha value is -2.62. The average molecular weight is 253 g/mol. The van der Waals surface area contributed by atoms with Crippen LogP contribution in [0.4, 0.5) is 10.5 Å². The molecule has 1 atom stereocenters. The minimum atomic E-state index is -1.07.